The summed E-state index contributed by atoms with van der Waals surface area (Å²) < 4.78 is 0. The third kappa shape index (κ3) is 2.13. The van der Waals surface area contributed by atoms with Crippen molar-refractivity contribution in [3.8, 4) is 0 Å². The number of carboxylic acids is 1. The van der Waals surface area contributed by atoms with E-state index in [4.69, 9.17) is 5.11 Å². The molecule has 0 aliphatic heterocycles. The molecule has 0 unspecified atom stereocenters. The lowest BCUT2D eigenvalue weighted by Gasteiger charge is -2.09. The molecule has 1 fully saturated rings. The molecule has 0 spiro atoms. The molecule has 0 atom stereocenters. The molecule has 1 aliphatic rings. The first-order valence-corrected chi connectivity index (χ1v) is 4.76. The Hall–Kier alpha value is -1.32. The molecule has 78 valence electrons. The Morgan fingerprint density at radius 2 is 2.14 bits per heavy atom. The number of hydrogen-bond acceptors (Lipinski definition) is 2. The number of allylic oxidation sites excluding steroid dienone is 1. The van der Waals surface area contributed by atoms with Gasteiger partial charge in [0.15, 0.2) is 0 Å². The van der Waals surface area contributed by atoms with Gasteiger partial charge in [0.25, 0.3) is 0 Å². The summed E-state index contributed by atoms with van der Waals surface area (Å²) in [4.78, 5) is 22.2. The minimum Gasteiger partial charge on any atom is -0.480 e. The van der Waals surface area contributed by atoms with Gasteiger partial charge in [-0.15, -0.1) is 0 Å². The molecule has 1 saturated carbocycles. The number of carboxylic acid groups (broad SMARTS) is 1. The zero-order valence-corrected chi connectivity index (χ0v) is 8.25. The summed E-state index contributed by atoms with van der Waals surface area (Å²) in [5, 5.41) is 11.4. The van der Waals surface area contributed by atoms with Crippen molar-refractivity contribution in [1.29, 1.82) is 0 Å². The second kappa shape index (κ2) is 4.26. The van der Waals surface area contributed by atoms with Gasteiger partial charge < -0.3 is 10.4 Å². The Morgan fingerprint density at radius 3 is 2.57 bits per heavy atom. The molecule has 2 N–H and O–H groups in total. The lowest BCUT2D eigenvalue weighted by atomic mass is 10.1. The van der Waals surface area contributed by atoms with Crippen LogP contribution in [0.25, 0.3) is 0 Å². The summed E-state index contributed by atoms with van der Waals surface area (Å²) in [5.74, 6) is -1.34. The maximum absolute atomic E-state index is 11.4. The van der Waals surface area contributed by atoms with Crippen molar-refractivity contribution in [1.82, 2.24) is 5.32 Å². The van der Waals surface area contributed by atoms with E-state index in [0.29, 0.717) is 19.4 Å². The van der Waals surface area contributed by atoms with Crippen LogP contribution in [0.2, 0.25) is 0 Å². The fourth-order valence-electron chi connectivity index (χ4n) is 1.27. The second-order valence-electron chi connectivity index (χ2n) is 3.50. The number of rotatable bonds is 5. The largest absolute Gasteiger partial charge is 0.480 e. The van der Waals surface area contributed by atoms with E-state index in [1.807, 2.05) is 19.1 Å². The molecular weight excluding hydrogens is 182 g/mol. The average molecular weight is 197 g/mol. The van der Waals surface area contributed by atoms with Crippen LogP contribution < -0.4 is 5.32 Å². The first kappa shape index (κ1) is 10.8. The van der Waals surface area contributed by atoms with Gasteiger partial charge >= 0.3 is 5.97 Å². The average Bonchev–Trinajstić information content (AvgIpc) is 2.92. The van der Waals surface area contributed by atoms with Gasteiger partial charge in [-0.1, -0.05) is 12.2 Å². The molecule has 1 amide bonds. The van der Waals surface area contributed by atoms with Gasteiger partial charge in [0, 0.05) is 6.54 Å². The van der Waals surface area contributed by atoms with E-state index in [-0.39, 0.29) is 5.91 Å². The minimum atomic E-state index is -1.10. The number of nitrogens with one attached hydrogen (secondary N) is 1. The van der Waals surface area contributed by atoms with Gasteiger partial charge in [-0.3, -0.25) is 9.59 Å². The zero-order valence-electron chi connectivity index (χ0n) is 8.25. The number of aliphatic carboxylic acids is 1. The monoisotopic (exact) mass is 197 g/mol. The normalized spacial score (nSPS) is 18.1. The Balaban J connectivity index is 2.32. The van der Waals surface area contributed by atoms with Crippen LogP contribution >= 0.6 is 0 Å². The molecule has 1 rings (SSSR count). The molecule has 1 aliphatic carbocycles. The molecule has 0 heterocycles. The molecule has 0 aromatic carbocycles. The van der Waals surface area contributed by atoms with Crippen molar-refractivity contribution in [2.75, 3.05) is 6.54 Å². The van der Waals surface area contributed by atoms with E-state index in [0.717, 1.165) is 6.42 Å². The first-order chi connectivity index (χ1) is 6.63. The van der Waals surface area contributed by atoms with Crippen LogP contribution in [0.1, 0.15) is 26.2 Å². The van der Waals surface area contributed by atoms with E-state index >= 15 is 0 Å². The van der Waals surface area contributed by atoms with Crippen LogP contribution in [0.5, 0.6) is 0 Å². The Labute approximate surface area is 83.0 Å². The predicted molar refractivity (Wildman–Crippen MR) is 51.7 cm³/mol. The molecule has 4 heteroatoms. The van der Waals surface area contributed by atoms with Gasteiger partial charge in [0.2, 0.25) is 5.91 Å². The first-order valence-electron chi connectivity index (χ1n) is 4.76. The molecule has 0 saturated heterocycles. The highest BCUT2D eigenvalue weighted by molar-refractivity contribution is 6.04. The SMILES string of the molecule is C/C=C/CCNC(=O)C1(C(=O)O)CC1. The standard InChI is InChI=1S/C10H15NO3/c1-2-3-4-7-11-8(12)10(5-6-10)9(13)14/h2-3H,4-7H2,1H3,(H,11,12)(H,13,14)/b3-2+. The van der Waals surface area contributed by atoms with Crippen LogP contribution in [-0.2, 0) is 9.59 Å². The topological polar surface area (TPSA) is 66.4 Å². The van der Waals surface area contributed by atoms with E-state index in [9.17, 15) is 9.59 Å². The number of carbonyl (C=O) groups excluding carboxylic acids is 1. The molecule has 0 aromatic rings. The zero-order chi connectivity index (χ0) is 10.6. The van der Waals surface area contributed by atoms with Crippen LogP contribution in [0, 0.1) is 5.41 Å². The van der Waals surface area contributed by atoms with Crippen molar-refractivity contribution in [3.63, 3.8) is 0 Å². The van der Waals surface area contributed by atoms with Crippen LogP contribution in [0.3, 0.4) is 0 Å². The third-order valence-corrected chi connectivity index (χ3v) is 2.43. The van der Waals surface area contributed by atoms with E-state index in [1.54, 1.807) is 0 Å². The summed E-state index contributed by atoms with van der Waals surface area (Å²) in [7, 11) is 0. The second-order valence-corrected chi connectivity index (χ2v) is 3.50. The van der Waals surface area contributed by atoms with Crippen LogP contribution in [0.4, 0.5) is 0 Å². The highest BCUT2D eigenvalue weighted by Gasteiger charge is 2.56. The van der Waals surface area contributed by atoms with Crippen molar-refractivity contribution in [3.05, 3.63) is 12.2 Å². The van der Waals surface area contributed by atoms with Gasteiger partial charge in [0.05, 0.1) is 0 Å². The highest BCUT2D eigenvalue weighted by Crippen LogP contribution is 2.45. The lowest BCUT2D eigenvalue weighted by Crippen LogP contribution is -2.37. The van der Waals surface area contributed by atoms with Crippen molar-refractivity contribution in [2.24, 2.45) is 5.41 Å². The third-order valence-electron chi connectivity index (χ3n) is 2.43. The molecule has 0 radical (unpaired) electrons. The van der Waals surface area contributed by atoms with E-state index in [1.165, 1.54) is 0 Å². The molecule has 0 aromatic heterocycles. The van der Waals surface area contributed by atoms with E-state index in [2.05, 4.69) is 5.32 Å². The van der Waals surface area contributed by atoms with E-state index < -0.39 is 11.4 Å². The summed E-state index contributed by atoms with van der Waals surface area (Å²) in [6, 6.07) is 0. The summed E-state index contributed by atoms with van der Waals surface area (Å²) in [6.45, 7) is 2.42. The summed E-state index contributed by atoms with van der Waals surface area (Å²) in [5.41, 5.74) is -1.10. The van der Waals surface area contributed by atoms with Crippen LogP contribution in [0.15, 0.2) is 12.2 Å². The Morgan fingerprint density at radius 1 is 1.50 bits per heavy atom. The summed E-state index contributed by atoms with van der Waals surface area (Å²) in [6.07, 6.45) is 5.52. The van der Waals surface area contributed by atoms with Crippen molar-refractivity contribution in [2.45, 2.75) is 26.2 Å². The Bertz CT molecular complexity index is 267. The van der Waals surface area contributed by atoms with Gasteiger partial charge in [-0.05, 0) is 26.2 Å². The minimum absolute atomic E-state index is 0.338. The Kier molecular flexibility index (Phi) is 3.28. The quantitative estimate of drug-likeness (QED) is 0.391. The fraction of sp³-hybridized carbons (Fsp3) is 0.600. The number of hydrogen-bond donors (Lipinski definition) is 2. The molecular formula is C10H15NO3. The highest BCUT2D eigenvalue weighted by atomic mass is 16.4. The molecule has 14 heavy (non-hydrogen) atoms. The number of amides is 1. The maximum Gasteiger partial charge on any atom is 0.319 e. The maximum atomic E-state index is 11.4. The van der Waals surface area contributed by atoms with Gasteiger partial charge in [-0.25, -0.2) is 0 Å². The van der Waals surface area contributed by atoms with Gasteiger partial charge in [-0.2, -0.15) is 0 Å². The molecule has 4 nitrogen and oxygen atoms in total. The summed E-state index contributed by atoms with van der Waals surface area (Å²) >= 11 is 0. The number of carbonyl (C=O) groups is 2. The van der Waals surface area contributed by atoms with Crippen molar-refractivity contribution >= 4 is 11.9 Å². The van der Waals surface area contributed by atoms with Crippen LogP contribution in [-0.4, -0.2) is 23.5 Å². The predicted octanol–water partition coefficient (Wildman–Crippen LogP) is 0.934. The smallest absolute Gasteiger partial charge is 0.319 e. The molecule has 0 bridgehead atoms. The fourth-order valence-corrected chi connectivity index (χ4v) is 1.27. The van der Waals surface area contributed by atoms with Gasteiger partial charge in [0.1, 0.15) is 5.41 Å². The van der Waals surface area contributed by atoms with Crippen molar-refractivity contribution < 1.29 is 14.7 Å². The lowest BCUT2D eigenvalue weighted by molar-refractivity contribution is -0.149.